The topological polar surface area (TPSA) is 104 Å². The van der Waals surface area contributed by atoms with Gasteiger partial charge in [0.05, 0.1) is 0 Å². The number of anilines is 3. The third-order valence-corrected chi connectivity index (χ3v) is 8.28. The van der Waals surface area contributed by atoms with Crippen molar-refractivity contribution in [2.75, 3.05) is 29.9 Å². The molecule has 2 aromatic heterocycles. The summed E-state index contributed by atoms with van der Waals surface area (Å²) < 4.78 is 16.2. The molecule has 1 saturated carbocycles. The van der Waals surface area contributed by atoms with E-state index in [1.165, 1.54) is 11.5 Å². The maximum absolute atomic E-state index is 14.7. The molecule has 2 fully saturated rings. The zero-order valence-electron chi connectivity index (χ0n) is 22.7. The van der Waals surface area contributed by atoms with E-state index in [0.717, 1.165) is 80.9 Å². The number of hydrogen-bond acceptors (Lipinski definition) is 7. The van der Waals surface area contributed by atoms with E-state index in [9.17, 15) is 19.2 Å². The molecule has 10 heteroatoms. The second kappa shape index (κ2) is 11.7. The van der Waals surface area contributed by atoms with Crippen molar-refractivity contribution in [1.82, 2.24) is 19.6 Å². The van der Waals surface area contributed by atoms with Crippen LogP contribution >= 0.6 is 0 Å². The van der Waals surface area contributed by atoms with Crippen molar-refractivity contribution in [3.05, 3.63) is 52.2 Å². The molecule has 2 aliphatic rings. The van der Waals surface area contributed by atoms with Gasteiger partial charge in [0.15, 0.2) is 5.82 Å². The lowest BCUT2D eigenvalue weighted by Crippen LogP contribution is -2.34. The van der Waals surface area contributed by atoms with E-state index in [2.05, 4.69) is 32.3 Å². The monoisotopic (exact) mass is 536 g/mol. The lowest BCUT2D eigenvalue weighted by molar-refractivity contribution is -0.162. The lowest BCUT2D eigenvalue weighted by atomic mass is 9.92. The van der Waals surface area contributed by atoms with Crippen LogP contribution in [-0.4, -0.2) is 50.3 Å². The van der Waals surface area contributed by atoms with Crippen LogP contribution in [0.25, 0.3) is 11.0 Å². The largest absolute Gasteiger partial charge is 0.372 e. The quantitative estimate of drug-likeness (QED) is 0.296. The highest BCUT2D eigenvalue weighted by atomic mass is 19.1. The number of piperidine rings is 1. The summed E-state index contributed by atoms with van der Waals surface area (Å²) in [5.41, 5.74) is 2.15. The molecule has 0 atom stereocenters. The smallest absolute Gasteiger partial charge is 0.288 e. The van der Waals surface area contributed by atoms with Crippen LogP contribution in [0.4, 0.5) is 21.7 Å². The molecule has 1 aliphatic carbocycles. The van der Waals surface area contributed by atoms with Gasteiger partial charge >= 0.3 is 0 Å². The molecular formula is C29H37FN6O3. The SMILES string of the molecule is CC(=O)N(O)CCCC1CCN(c2ccc(Nc3ncc4c(C)c(F)c(=O)n(C5CCCC5)c4n3)cc2)CC1. The second-order valence-corrected chi connectivity index (χ2v) is 10.9. The molecule has 2 N–H and O–H groups in total. The van der Waals surface area contributed by atoms with Gasteiger partial charge in [-0.2, -0.15) is 4.98 Å². The molecular weight excluding hydrogens is 499 g/mol. The van der Waals surface area contributed by atoms with Crippen LogP contribution in [0.3, 0.4) is 0 Å². The number of hydrogen-bond donors (Lipinski definition) is 2. The van der Waals surface area contributed by atoms with E-state index in [-0.39, 0.29) is 17.5 Å². The molecule has 0 spiro atoms. The van der Waals surface area contributed by atoms with Gasteiger partial charge in [0, 0.05) is 61.1 Å². The zero-order chi connectivity index (χ0) is 27.5. The fraction of sp³-hybridized carbons (Fsp3) is 0.517. The minimum Gasteiger partial charge on any atom is -0.372 e. The number of fused-ring (bicyclic) bond motifs is 1. The van der Waals surface area contributed by atoms with Crippen molar-refractivity contribution < 1.29 is 14.4 Å². The Bertz CT molecular complexity index is 1380. The third kappa shape index (κ3) is 5.90. The van der Waals surface area contributed by atoms with Gasteiger partial charge in [-0.25, -0.2) is 14.4 Å². The van der Waals surface area contributed by atoms with Crippen molar-refractivity contribution in [3.8, 4) is 0 Å². The number of carbonyl (C=O) groups excluding carboxylic acids is 1. The molecule has 0 unspecified atom stereocenters. The number of amides is 1. The number of rotatable bonds is 8. The first kappa shape index (κ1) is 27.1. The fourth-order valence-electron chi connectivity index (χ4n) is 5.91. The third-order valence-electron chi connectivity index (χ3n) is 8.28. The summed E-state index contributed by atoms with van der Waals surface area (Å²) in [5.74, 6) is -0.0568. The number of benzene rings is 1. The number of aromatic nitrogens is 3. The van der Waals surface area contributed by atoms with Crippen LogP contribution in [0.2, 0.25) is 0 Å². The average Bonchev–Trinajstić information content (AvgIpc) is 3.47. The lowest BCUT2D eigenvalue weighted by Gasteiger charge is -2.34. The summed E-state index contributed by atoms with van der Waals surface area (Å²) in [6, 6.07) is 8.10. The van der Waals surface area contributed by atoms with Gasteiger partial charge < -0.3 is 10.2 Å². The van der Waals surface area contributed by atoms with Gasteiger partial charge in [0.25, 0.3) is 5.56 Å². The fourth-order valence-corrected chi connectivity index (χ4v) is 5.91. The predicted octanol–water partition coefficient (Wildman–Crippen LogP) is 5.33. The molecule has 1 amide bonds. The van der Waals surface area contributed by atoms with Crippen molar-refractivity contribution in [2.24, 2.45) is 5.92 Å². The van der Waals surface area contributed by atoms with E-state index in [0.29, 0.717) is 29.4 Å². The Morgan fingerprint density at radius 3 is 2.51 bits per heavy atom. The second-order valence-electron chi connectivity index (χ2n) is 10.9. The molecule has 0 radical (unpaired) electrons. The Hall–Kier alpha value is -3.53. The highest BCUT2D eigenvalue weighted by Crippen LogP contribution is 2.32. The van der Waals surface area contributed by atoms with Crippen molar-refractivity contribution in [2.45, 2.75) is 71.3 Å². The van der Waals surface area contributed by atoms with E-state index in [4.69, 9.17) is 0 Å². The number of nitrogens with zero attached hydrogens (tertiary/aromatic N) is 5. The van der Waals surface area contributed by atoms with Gasteiger partial charge in [-0.3, -0.25) is 19.4 Å². The number of halogens is 1. The van der Waals surface area contributed by atoms with E-state index in [1.54, 1.807) is 13.1 Å². The van der Waals surface area contributed by atoms with E-state index >= 15 is 0 Å². The number of hydroxylamine groups is 2. The standard InChI is InChI=1S/C29H37FN6O3/c1-19-25-18-31-29(33-27(25)36(28(38)26(19)30)24-7-3-4-8-24)32-22-9-11-23(12-10-22)34-16-13-21(14-17-34)6-5-15-35(39)20(2)37/h9-12,18,21,24,39H,3-8,13-17H2,1-2H3,(H,31,32,33). The van der Waals surface area contributed by atoms with Gasteiger partial charge in [0.2, 0.25) is 11.9 Å². The summed E-state index contributed by atoms with van der Waals surface area (Å²) in [4.78, 5) is 35.4. The molecule has 1 aliphatic heterocycles. The van der Waals surface area contributed by atoms with E-state index < -0.39 is 11.4 Å². The Morgan fingerprint density at radius 2 is 1.85 bits per heavy atom. The van der Waals surface area contributed by atoms with Gasteiger partial charge in [-0.15, -0.1) is 0 Å². The first-order valence-electron chi connectivity index (χ1n) is 14.0. The molecule has 9 nitrogen and oxygen atoms in total. The van der Waals surface area contributed by atoms with Crippen molar-refractivity contribution in [1.29, 1.82) is 0 Å². The minimum atomic E-state index is -0.719. The summed E-state index contributed by atoms with van der Waals surface area (Å²) in [6.45, 7) is 5.30. The number of pyridine rings is 1. The molecule has 1 saturated heterocycles. The summed E-state index contributed by atoms with van der Waals surface area (Å²) in [5, 5.41) is 14.1. The van der Waals surface area contributed by atoms with Gasteiger partial charge in [0.1, 0.15) is 5.65 Å². The van der Waals surface area contributed by atoms with Gasteiger partial charge in [-0.1, -0.05) is 12.8 Å². The van der Waals surface area contributed by atoms with Crippen molar-refractivity contribution in [3.63, 3.8) is 0 Å². The van der Waals surface area contributed by atoms with Crippen LogP contribution < -0.4 is 15.8 Å². The highest BCUT2D eigenvalue weighted by Gasteiger charge is 2.25. The Labute approximate surface area is 227 Å². The average molecular weight is 537 g/mol. The molecule has 3 aromatic rings. The summed E-state index contributed by atoms with van der Waals surface area (Å²) in [6.07, 6.45) is 9.34. The molecule has 39 heavy (non-hydrogen) atoms. The Morgan fingerprint density at radius 1 is 1.15 bits per heavy atom. The van der Waals surface area contributed by atoms with Crippen molar-refractivity contribution >= 4 is 34.3 Å². The van der Waals surface area contributed by atoms with Crippen LogP contribution in [-0.2, 0) is 4.79 Å². The first-order chi connectivity index (χ1) is 18.8. The van der Waals surface area contributed by atoms with Gasteiger partial charge in [-0.05, 0) is 75.6 Å². The minimum absolute atomic E-state index is 0.0359. The molecule has 1 aromatic carbocycles. The number of carbonyl (C=O) groups is 1. The Kier molecular flexibility index (Phi) is 8.11. The predicted molar refractivity (Wildman–Crippen MR) is 149 cm³/mol. The van der Waals surface area contributed by atoms with Crippen LogP contribution in [0, 0.1) is 18.7 Å². The molecule has 208 valence electrons. The maximum atomic E-state index is 14.7. The summed E-state index contributed by atoms with van der Waals surface area (Å²) >= 11 is 0. The first-order valence-corrected chi connectivity index (χ1v) is 14.0. The number of aryl methyl sites for hydroxylation is 1. The van der Waals surface area contributed by atoms with Crippen LogP contribution in [0.5, 0.6) is 0 Å². The van der Waals surface area contributed by atoms with E-state index in [1.807, 2.05) is 12.1 Å². The van der Waals surface area contributed by atoms with Crippen LogP contribution in [0.15, 0.2) is 35.3 Å². The molecule has 3 heterocycles. The highest BCUT2D eigenvalue weighted by molar-refractivity contribution is 5.80. The zero-order valence-corrected chi connectivity index (χ0v) is 22.7. The molecule has 0 bridgehead atoms. The van der Waals surface area contributed by atoms with Crippen LogP contribution in [0.1, 0.15) is 69.9 Å². The normalized spacial score (nSPS) is 16.7. The Balaban J connectivity index is 1.23. The maximum Gasteiger partial charge on any atom is 0.288 e. The molecule has 5 rings (SSSR count). The number of nitrogens with one attached hydrogen (secondary N) is 1. The summed E-state index contributed by atoms with van der Waals surface area (Å²) in [7, 11) is 0.